The van der Waals surface area contributed by atoms with Crippen LogP contribution in [0.25, 0.3) is 11.1 Å². The molecule has 0 aromatic heterocycles. The summed E-state index contributed by atoms with van der Waals surface area (Å²) in [7, 11) is 1.58. The summed E-state index contributed by atoms with van der Waals surface area (Å²) in [5.74, 6) is -1.24. The van der Waals surface area contributed by atoms with Gasteiger partial charge in [-0.05, 0) is 35.1 Å². The lowest BCUT2D eigenvalue weighted by Crippen LogP contribution is -2.53. The van der Waals surface area contributed by atoms with E-state index in [9.17, 15) is 14.4 Å². The molecule has 34 heavy (non-hydrogen) atoms. The highest BCUT2D eigenvalue weighted by Gasteiger charge is 2.42. The number of alkyl carbamates (subject to hydrolysis) is 1. The number of ether oxygens (including phenoxy) is 2. The zero-order chi connectivity index (χ0) is 24.1. The van der Waals surface area contributed by atoms with E-state index < -0.39 is 17.5 Å². The average molecular weight is 467 g/mol. The lowest BCUT2D eigenvalue weighted by atomic mass is 9.81. The predicted octanol–water partition coefficient (Wildman–Crippen LogP) is 3.26. The van der Waals surface area contributed by atoms with Crippen molar-refractivity contribution in [3.63, 3.8) is 0 Å². The normalized spacial score (nSPS) is 19.1. The number of aliphatic carboxylic acids is 1. The fraction of sp³-hybridized carbons (Fsp3) is 0.423. The number of carbonyl (C=O) groups excluding carboxylic acids is 2. The number of benzene rings is 2. The summed E-state index contributed by atoms with van der Waals surface area (Å²) in [5.41, 5.74) is 3.63. The Balaban J connectivity index is 1.38. The van der Waals surface area contributed by atoms with Gasteiger partial charge in [-0.1, -0.05) is 48.5 Å². The second kappa shape index (κ2) is 10.3. The first-order valence-corrected chi connectivity index (χ1v) is 11.6. The first-order valence-electron chi connectivity index (χ1n) is 11.6. The van der Waals surface area contributed by atoms with Crippen molar-refractivity contribution >= 4 is 18.0 Å². The fourth-order valence-electron chi connectivity index (χ4n) is 4.90. The largest absolute Gasteiger partial charge is 0.481 e. The Morgan fingerprint density at radius 2 is 1.76 bits per heavy atom. The number of hydrogen-bond acceptors (Lipinski definition) is 5. The number of carbonyl (C=O) groups is 3. The maximum atomic E-state index is 13.1. The van der Waals surface area contributed by atoms with Gasteiger partial charge in [0.25, 0.3) is 0 Å². The topological polar surface area (TPSA) is 105 Å². The molecule has 2 amide bonds. The molecule has 1 aliphatic heterocycles. The van der Waals surface area contributed by atoms with Gasteiger partial charge in [0, 0.05) is 32.7 Å². The highest BCUT2D eigenvalue weighted by atomic mass is 16.5. The van der Waals surface area contributed by atoms with Crippen LogP contribution in [-0.2, 0) is 19.1 Å². The fourth-order valence-corrected chi connectivity index (χ4v) is 4.90. The predicted molar refractivity (Wildman–Crippen MR) is 125 cm³/mol. The molecule has 1 heterocycles. The van der Waals surface area contributed by atoms with Crippen molar-refractivity contribution in [2.75, 3.05) is 40.0 Å². The van der Waals surface area contributed by atoms with Crippen LogP contribution in [0, 0.1) is 5.41 Å². The zero-order valence-electron chi connectivity index (χ0n) is 19.3. The second-order valence-corrected chi connectivity index (χ2v) is 8.99. The highest BCUT2D eigenvalue weighted by Crippen LogP contribution is 2.44. The molecule has 0 bridgehead atoms. The van der Waals surface area contributed by atoms with Crippen LogP contribution >= 0.6 is 0 Å². The molecule has 2 aromatic rings. The van der Waals surface area contributed by atoms with Gasteiger partial charge in [0.1, 0.15) is 6.61 Å². The van der Waals surface area contributed by atoms with E-state index in [2.05, 4.69) is 29.6 Å². The third kappa shape index (κ3) is 4.92. The molecule has 1 fully saturated rings. The monoisotopic (exact) mass is 466 g/mol. The Morgan fingerprint density at radius 3 is 2.35 bits per heavy atom. The molecule has 8 heteroatoms. The van der Waals surface area contributed by atoms with Crippen molar-refractivity contribution in [1.82, 2.24) is 10.2 Å². The second-order valence-electron chi connectivity index (χ2n) is 8.99. The Hall–Kier alpha value is -3.39. The summed E-state index contributed by atoms with van der Waals surface area (Å²) in [5, 5.41) is 11.7. The van der Waals surface area contributed by atoms with E-state index in [1.807, 2.05) is 24.3 Å². The molecule has 8 nitrogen and oxygen atoms in total. The number of amides is 2. The molecule has 1 aliphatic carbocycles. The Bertz CT molecular complexity index is 1020. The number of carboxylic acid groups (broad SMARTS) is 1. The summed E-state index contributed by atoms with van der Waals surface area (Å²) in [6, 6.07) is 16.2. The number of nitrogens with one attached hydrogen (secondary N) is 1. The van der Waals surface area contributed by atoms with Gasteiger partial charge in [-0.25, -0.2) is 4.79 Å². The third-order valence-corrected chi connectivity index (χ3v) is 6.70. The van der Waals surface area contributed by atoms with Gasteiger partial charge >= 0.3 is 12.1 Å². The van der Waals surface area contributed by atoms with Crippen molar-refractivity contribution in [3.05, 3.63) is 59.7 Å². The Kier molecular flexibility index (Phi) is 7.17. The van der Waals surface area contributed by atoms with Gasteiger partial charge in [-0.3, -0.25) is 9.59 Å². The lowest BCUT2D eigenvalue weighted by molar-refractivity contribution is -0.149. The van der Waals surface area contributed by atoms with Crippen molar-refractivity contribution in [2.45, 2.75) is 25.2 Å². The minimum Gasteiger partial charge on any atom is -0.481 e. The summed E-state index contributed by atoms with van der Waals surface area (Å²) < 4.78 is 11.2. The van der Waals surface area contributed by atoms with Gasteiger partial charge in [-0.2, -0.15) is 0 Å². The van der Waals surface area contributed by atoms with Crippen LogP contribution in [0.15, 0.2) is 48.5 Å². The van der Waals surface area contributed by atoms with Gasteiger partial charge < -0.3 is 24.8 Å². The van der Waals surface area contributed by atoms with E-state index in [4.69, 9.17) is 14.6 Å². The van der Waals surface area contributed by atoms with E-state index in [-0.39, 0.29) is 44.5 Å². The number of fused-ring (bicyclic) bond motifs is 3. The Morgan fingerprint density at radius 1 is 1.12 bits per heavy atom. The maximum Gasteiger partial charge on any atom is 0.407 e. The van der Waals surface area contributed by atoms with Gasteiger partial charge in [0.15, 0.2) is 0 Å². The van der Waals surface area contributed by atoms with Gasteiger partial charge in [0.2, 0.25) is 5.91 Å². The molecule has 0 spiro atoms. The minimum absolute atomic E-state index is 0.0473. The molecule has 2 aromatic carbocycles. The van der Waals surface area contributed by atoms with E-state index in [1.165, 1.54) is 4.90 Å². The van der Waals surface area contributed by atoms with E-state index >= 15 is 0 Å². The van der Waals surface area contributed by atoms with E-state index in [0.717, 1.165) is 22.3 Å². The van der Waals surface area contributed by atoms with E-state index in [0.29, 0.717) is 19.4 Å². The molecule has 0 saturated carbocycles. The van der Waals surface area contributed by atoms with E-state index in [1.54, 1.807) is 7.05 Å². The van der Waals surface area contributed by atoms with Crippen LogP contribution in [0.2, 0.25) is 0 Å². The van der Waals surface area contributed by atoms with Crippen LogP contribution in [-0.4, -0.2) is 67.9 Å². The van der Waals surface area contributed by atoms with Gasteiger partial charge in [-0.15, -0.1) is 0 Å². The first-order chi connectivity index (χ1) is 16.4. The number of hydrogen-bond donors (Lipinski definition) is 2. The summed E-state index contributed by atoms with van der Waals surface area (Å²) >= 11 is 0. The molecule has 1 atom stereocenters. The van der Waals surface area contributed by atoms with Crippen LogP contribution in [0.4, 0.5) is 4.79 Å². The van der Waals surface area contributed by atoms with Crippen LogP contribution in [0.3, 0.4) is 0 Å². The quantitative estimate of drug-likeness (QED) is 0.619. The average Bonchev–Trinajstić information content (AvgIpc) is 3.18. The summed E-state index contributed by atoms with van der Waals surface area (Å²) in [6.07, 6.45) is 0.504. The molecule has 4 rings (SSSR count). The molecule has 1 unspecified atom stereocenters. The first kappa shape index (κ1) is 23.8. The molecule has 2 aliphatic rings. The molecular weight excluding hydrogens is 436 g/mol. The number of nitrogens with zero attached hydrogens (tertiary/aromatic N) is 1. The van der Waals surface area contributed by atoms with Crippen molar-refractivity contribution in [2.24, 2.45) is 5.41 Å². The standard InChI is InChI=1S/C26H30N2O6/c1-28(13-11-23(29)30)24(31)26(12-6-14-33-17-26)16-27-25(32)34-15-22-20-9-4-2-7-18(20)19-8-3-5-10-21(19)22/h2-5,7-10,22H,6,11-17H2,1H3,(H,27,32)(H,29,30). The summed E-state index contributed by atoms with van der Waals surface area (Å²) in [4.78, 5) is 38.1. The van der Waals surface area contributed by atoms with Crippen molar-refractivity contribution in [1.29, 1.82) is 0 Å². The van der Waals surface area contributed by atoms with Crippen molar-refractivity contribution in [3.8, 4) is 11.1 Å². The van der Waals surface area contributed by atoms with Gasteiger partial charge in [0.05, 0.1) is 18.4 Å². The number of carboxylic acids is 1. The van der Waals surface area contributed by atoms with Crippen LogP contribution in [0.5, 0.6) is 0 Å². The molecule has 2 N–H and O–H groups in total. The molecule has 180 valence electrons. The molecule has 1 saturated heterocycles. The van der Waals surface area contributed by atoms with Crippen molar-refractivity contribution < 1.29 is 29.0 Å². The smallest absolute Gasteiger partial charge is 0.407 e. The zero-order valence-corrected chi connectivity index (χ0v) is 19.3. The third-order valence-electron chi connectivity index (χ3n) is 6.70. The Labute approximate surface area is 198 Å². The molecular formula is C26H30N2O6. The van der Waals surface area contributed by atoms with Crippen LogP contribution in [0.1, 0.15) is 36.3 Å². The van der Waals surface area contributed by atoms with Crippen LogP contribution < -0.4 is 5.32 Å². The summed E-state index contributed by atoms with van der Waals surface area (Å²) in [6.45, 7) is 1.09. The SMILES string of the molecule is CN(CCC(=O)O)C(=O)C1(CNC(=O)OCC2c3ccccc3-c3ccccc32)CCCOC1. The minimum atomic E-state index is -0.967. The maximum absolute atomic E-state index is 13.1. The highest BCUT2D eigenvalue weighted by molar-refractivity contribution is 5.84. The molecule has 0 radical (unpaired) electrons. The number of rotatable bonds is 8. The lowest BCUT2D eigenvalue weighted by Gasteiger charge is -2.38.